The molecule has 0 heterocycles. The third kappa shape index (κ3) is 4.72. The molecule has 0 saturated carbocycles. The number of nitrogen functional groups attached to an aromatic ring is 1. The summed E-state index contributed by atoms with van der Waals surface area (Å²) in [6, 6.07) is 4.89. The fraction of sp³-hybridized carbons (Fsp3) is 0.538. The highest BCUT2D eigenvalue weighted by Crippen LogP contribution is 2.25. The van der Waals surface area contributed by atoms with Crippen molar-refractivity contribution in [3.8, 4) is 0 Å². The summed E-state index contributed by atoms with van der Waals surface area (Å²) < 4.78 is 22.9. The van der Waals surface area contributed by atoms with Gasteiger partial charge in [-0.15, -0.1) is 0 Å². The van der Waals surface area contributed by atoms with Crippen molar-refractivity contribution >= 4 is 21.2 Å². The second-order valence-electron chi connectivity index (χ2n) is 5.07. The number of anilines is 2. The van der Waals surface area contributed by atoms with Crippen molar-refractivity contribution in [2.75, 3.05) is 51.1 Å². The van der Waals surface area contributed by atoms with Gasteiger partial charge in [0.1, 0.15) is 0 Å². The van der Waals surface area contributed by atoms with Gasteiger partial charge in [-0.2, -0.15) is 0 Å². The molecule has 5 nitrogen and oxygen atoms in total. The van der Waals surface area contributed by atoms with Gasteiger partial charge in [0, 0.05) is 19.8 Å². The van der Waals surface area contributed by atoms with Crippen LogP contribution in [0.5, 0.6) is 0 Å². The first-order valence-electron chi connectivity index (χ1n) is 6.17. The van der Waals surface area contributed by atoms with Gasteiger partial charge in [0.25, 0.3) is 0 Å². The summed E-state index contributed by atoms with van der Waals surface area (Å²) in [4.78, 5) is 4.44. The van der Waals surface area contributed by atoms with Crippen molar-refractivity contribution in [3.05, 3.63) is 18.2 Å². The first kappa shape index (κ1) is 15.8. The molecular weight excluding hydrogens is 262 g/mol. The topological polar surface area (TPSA) is 66.6 Å². The maximum atomic E-state index is 11.4. The van der Waals surface area contributed by atoms with Crippen molar-refractivity contribution in [2.45, 2.75) is 11.3 Å². The molecule has 0 spiro atoms. The Labute approximate surface area is 115 Å². The normalized spacial score (nSPS) is 11.8. The Morgan fingerprint density at radius 2 is 1.79 bits per heavy atom. The molecule has 0 radical (unpaired) electrons. The van der Waals surface area contributed by atoms with Gasteiger partial charge < -0.3 is 15.5 Å². The Hall–Kier alpha value is -1.27. The van der Waals surface area contributed by atoms with Gasteiger partial charge in [-0.3, -0.25) is 0 Å². The summed E-state index contributed by atoms with van der Waals surface area (Å²) in [5, 5.41) is 0. The fourth-order valence-corrected chi connectivity index (χ4v) is 2.51. The molecule has 2 N–H and O–H groups in total. The lowest BCUT2D eigenvalue weighted by Gasteiger charge is -2.22. The molecule has 0 atom stereocenters. The van der Waals surface area contributed by atoms with Crippen LogP contribution in [0.25, 0.3) is 0 Å². The molecule has 0 aliphatic heterocycles. The lowest BCUT2D eigenvalue weighted by Crippen LogP contribution is -2.24. The molecule has 0 aliphatic carbocycles. The van der Waals surface area contributed by atoms with Crippen molar-refractivity contribution in [1.29, 1.82) is 0 Å². The zero-order valence-corrected chi connectivity index (χ0v) is 12.9. The van der Waals surface area contributed by atoms with E-state index in [0.717, 1.165) is 25.2 Å². The Morgan fingerprint density at radius 3 is 2.26 bits per heavy atom. The van der Waals surface area contributed by atoms with Gasteiger partial charge in [-0.1, -0.05) is 0 Å². The minimum absolute atomic E-state index is 0.260. The predicted molar refractivity (Wildman–Crippen MR) is 80.4 cm³/mol. The molecular formula is C13H23N3O2S. The van der Waals surface area contributed by atoms with Crippen LogP contribution in [0.15, 0.2) is 23.1 Å². The van der Waals surface area contributed by atoms with Crippen LogP contribution in [-0.4, -0.2) is 53.8 Å². The second kappa shape index (κ2) is 6.25. The van der Waals surface area contributed by atoms with Gasteiger partial charge in [0.15, 0.2) is 9.84 Å². The average Bonchev–Trinajstić information content (AvgIpc) is 2.26. The van der Waals surface area contributed by atoms with Crippen LogP contribution in [-0.2, 0) is 9.84 Å². The van der Waals surface area contributed by atoms with Gasteiger partial charge in [-0.05, 0) is 45.3 Å². The Bertz CT molecular complexity index is 527. The zero-order chi connectivity index (χ0) is 14.6. The van der Waals surface area contributed by atoms with Gasteiger partial charge in [0.2, 0.25) is 0 Å². The summed E-state index contributed by atoms with van der Waals surface area (Å²) >= 11 is 0. The van der Waals surface area contributed by atoms with Gasteiger partial charge >= 0.3 is 0 Å². The molecule has 0 aliphatic rings. The monoisotopic (exact) mass is 285 g/mol. The third-order valence-electron chi connectivity index (χ3n) is 2.94. The number of rotatable bonds is 6. The number of nitrogens with zero attached hydrogens (tertiary/aromatic N) is 2. The average molecular weight is 285 g/mol. The summed E-state index contributed by atoms with van der Waals surface area (Å²) in [6.45, 7) is 1.88. The molecule has 0 unspecified atom stereocenters. The van der Waals surface area contributed by atoms with Crippen molar-refractivity contribution in [3.63, 3.8) is 0 Å². The highest BCUT2D eigenvalue weighted by atomic mass is 32.2. The summed E-state index contributed by atoms with van der Waals surface area (Å²) in [5.41, 5.74) is 7.30. The Morgan fingerprint density at radius 1 is 1.16 bits per heavy atom. The Kier molecular flexibility index (Phi) is 5.20. The van der Waals surface area contributed by atoms with E-state index in [-0.39, 0.29) is 4.90 Å². The van der Waals surface area contributed by atoms with E-state index in [1.54, 1.807) is 12.1 Å². The predicted octanol–water partition coefficient (Wildman–Crippen LogP) is 1.06. The van der Waals surface area contributed by atoms with Crippen molar-refractivity contribution in [2.24, 2.45) is 0 Å². The SMILES string of the molecule is CN(C)CCCN(C)c1ccc(S(C)(=O)=O)cc1N. The molecule has 0 bridgehead atoms. The van der Waals surface area contributed by atoms with E-state index in [2.05, 4.69) is 4.90 Å². The van der Waals surface area contributed by atoms with E-state index in [1.807, 2.05) is 26.0 Å². The van der Waals surface area contributed by atoms with Crippen LogP contribution >= 0.6 is 0 Å². The highest BCUT2D eigenvalue weighted by Gasteiger charge is 2.11. The first-order valence-corrected chi connectivity index (χ1v) is 8.06. The van der Waals surface area contributed by atoms with E-state index >= 15 is 0 Å². The van der Waals surface area contributed by atoms with Crippen LogP contribution in [0, 0.1) is 0 Å². The van der Waals surface area contributed by atoms with Crippen LogP contribution in [0.1, 0.15) is 6.42 Å². The fourth-order valence-electron chi connectivity index (χ4n) is 1.86. The van der Waals surface area contributed by atoms with E-state index < -0.39 is 9.84 Å². The molecule has 6 heteroatoms. The standard InChI is InChI=1S/C13H23N3O2S/c1-15(2)8-5-9-16(3)13-7-6-11(10-12(13)14)19(4,17)18/h6-7,10H,5,8-9,14H2,1-4H3. The minimum atomic E-state index is -3.20. The number of sulfone groups is 1. The first-order chi connectivity index (χ1) is 8.71. The summed E-state index contributed by atoms with van der Waals surface area (Å²) in [5.74, 6) is 0. The number of hydrogen-bond acceptors (Lipinski definition) is 5. The molecule has 108 valence electrons. The lowest BCUT2D eigenvalue weighted by molar-refractivity contribution is 0.402. The van der Waals surface area contributed by atoms with Crippen LogP contribution < -0.4 is 10.6 Å². The maximum Gasteiger partial charge on any atom is 0.175 e. The van der Waals surface area contributed by atoms with Crippen molar-refractivity contribution in [1.82, 2.24) is 4.90 Å². The maximum absolute atomic E-state index is 11.4. The van der Waals surface area contributed by atoms with Crippen LogP contribution in [0.3, 0.4) is 0 Å². The van der Waals surface area contributed by atoms with E-state index in [0.29, 0.717) is 5.69 Å². The van der Waals surface area contributed by atoms with Gasteiger partial charge in [0.05, 0.1) is 16.3 Å². The minimum Gasteiger partial charge on any atom is -0.397 e. The number of nitrogens with two attached hydrogens (primary N) is 1. The quantitative estimate of drug-likeness (QED) is 0.792. The molecule has 0 aromatic heterocycles. The smallest absolute Gasteiger partial charge is 0.175 e. The van der Waals surface area contributed by atoms with E-state index in [9.17, 15) is 8.42 Å². The molecule has 0 amide bonds. The number of hydrogen-bond donors (Lipinski definition) is 1. The molecule has 1 aromatic rings. The summed E-state index contributed by atoms with van der Waals surface area (Å²) in [7, 11) is 2.83. The molecule has 1 aromatic carbocycles. The Balaban J connectivity index is 2.79. The highest BCUT2D eigenvalue weighted by molar-refractivity contribution is 7.90. The van der Waals surface area contributed by atoms with E-state index in [1.165, 1.54) is 12.3 Å². The van der Waals surface area contributed by atoms with Crippen LogP contribution in [0.2, 0.25) is 0 Å². The molecule has 19 heavy (non-hydrogen) atoms. The number of benzene rings is 1. The lowest BCUT2D eigenvalue weighted by atomic mass is 10.2. The largest absolute Gasteiger partial charge is 0.397 e. The van der Waals surface area contributed by atoms with E-state index in [4.69, 9.17) is 5.73 Å². The third-order valence-corrected chi connectivity index (χ3v) is 4.05. The zero-order valence-electron chi connectivity index (χ0n) is 12.0. The molecule has 0 saturated heterocycles. The molecule has 0 fully saturated rings. The molecule has 1 rings (SSSR count). The van der Waals surface area contributed by atoms with Gasteiger partial charge in [-0.25, -0.2) is 8.42 Å². The summed E-state index contributed by atoms with van der Waals surface area (Å²) in [6.07, 6.45) is 2.21. The van der Waals surface area contributed by atoms with Crippen LogP contribution in [0.4, 0.5) is 11.4 Å². The van der Waals surface area contributed by atoms with Crippen molar-refractivity contribution < 1.29 is 8.42 Å². The second-order valence-corrected chi connectivity index (χ2v) is 7.09.